The zero-order valence-corrected chi connectivity index (χ0v) is 6.35. The van der Waals surface area contributed by atoms with Gasteiger partial charge in [-0.25, -0.2) is 0 Å². The molecule has 11 heavy (non-hydrogen) atoms. The van der Waals surface area contributed by atoms with E-state index in [0.29, 0.717) is 6.04 Å². The fourth-order valence-electron chi connectivity index (χ4n) is 3.67. The van der Waals surface area contributed by atoms with Crippen LogP contribution in [0, 0.1) is 23.7 Å². The summed E-state index contributed by atoms with van der Waals surface area (Å²) in [6.45, 7) is 0. The molecule has 3 heteroatoms. The van der Waals surface area contributed by atoms with E-state index in [1.54, 1.807) is 0 Å². The summed E-state index contributed by atoms with van der Waals surface area (Å²) in [7, 11) is 0. The van der Waals surface area contributed by atoms with Crippen molar-refractivity contribution in [2.24, 2.45) is 28.8 Å². The third kappa shape index (κ3) is 0.507. The minimum absolute atomic E-state index is 0.392. The molecule has 0 amide bonds. The lowest BCUT2D eigenvalue weighted by Gasteiger charge is -2.34. The van der Waals surface area contributed by atoms with Gasteiger partial charge in [-0.3, -0.25) is 0 Å². The predicted molar refractivity (Wildman–Crippen MR) is 40.7 cm³/mol. The maximum absolute atomic E-state index is 8.35. The molecule has 0 spiro atoms. The maximum atomic E-state index is 8.35. The standard InChI is InChI=1S/C8H11N3/c9-11-10-8-5-2-1-4-6(5)3-7(4)8/h4-8H,1-3H2/t4-,5+,6?,7+,8-/m0/s1. The lowest BCUT2D eigenvalue weighted by atomic mass is 9.72. The summed E-state index contributed by atoms with van der Waals surface area (Å²) >= 11 is 0. The number of nitrogens with zero attached hydrogens (tertiary/aromatic N) is 3. The summed E-state index contributed by atoms with van der Waals surface area (Å²) in [6.07, 6.45) is 4.10. The molecule has 3 nitrogen and oxygen atoms in total. The summed E-state index contributed by atoms with van der Waals surface area (Å²) in [5.74, 6) is 3.47. The van der Waals surface area contributed by atoms with Gasteiger partial charge in [-0.1, -0.05) is 5.11 Å². The first-order chi connectivity index (χ1) is 5.42. The second-order valence-electron chi connectivity index (χ2n) is 4.16. The lowest BCUT2D eigenvalue weighted by molar-refractivity contribution is 0.163. The molecule has 58 valence electrons. The minimum Gasteiger partial charge on any atom is -0.0900 e. The Morgan fingerprint density at radius 2 is 1.91 bits per heavy atom. The molecule has 1 unspecified atom stereocenters. The van der Waals surface area contributed by atoms with Crippen LogP contribution < -0.4 is 0 Å². The zero-order valence-electron chi connectivity index (χ0n) is 6.35. The van der Waals surface area contributed by atoms with E-state index in [4.69, 9.17) is 5.53 Å². The predicted octanol–water partition coefficient (Wildman–Crippen LogP) is 2.34. The van der Waals surface area contributed by atoms with E-state index in [0.717, 1.165) is 23.7 Å². The smallest absolute Gasteiger partial charge is 0.0436 e. The van der Waals surface area contributed by atoms with Crippen molar-refractivity contribution in [1.29, 1.82) is 0 Å². The Morgan fingerprint density at radius 1 is 1.09 bits per heavy atom. The highest BCUT2D eigenvalue weighted by molar-refractivity contribution is 5.13. The van der Waals surface area contributed by atoms with Gasteiger partial charge in [0.25, 0.3) is 0 Å². The zero-order chi connectivity index (χ0) is 7.42. The van der Waals surface area contributed by atoms with Crippen molar-refractivity contribution in [1.82, 2.24) is 0 Å². The fraction of sp³-hybridized carbons (Fsp3) is 1.00. The van der Waals surface area contributed by atoms with E-state index in [-0.39, 0.29) is 0 Å². The molecular weight excluding hydrogens is 138 g/mol. The quantitative estimate of drug-likeness (QED) is 0.312. The van der Waals surface area contributed by atoms with Crippen LogP contribution >= 0.6 is 0 Å². The van der Waals surface area contributed by atoms with E-state index < -0.39 is 0 Å². The van der Waals surface area contributed by atoms with E-state index in [2.05, 4.69) is 10.0 Å². The fourth-order valence-corrected chi connectivity index (χ4v) is 3.67. The summed E-state index contributed by atoms with van der Waals surface area (Å²) in [5.41, 5.74) is 8.35. The molecule has 0 radical (unpaired) electrons. The highest BCUT2D eigenvalue weighted by Crippen LogP contribution is 2.66. The van der Waals surface area contributed by atoms with Crippen molar-refractivity contribution in [3.63, 3.8) is 0 Å². The third-order valence-corrected chi connectivity index (χ3v) is 4.09. The first kappa shape index (κ1) is 5.90. The monoisotopic (exact) mass is 149 g/mol. The maximum Gasteiger partial charge on any atom is 0.0436 e. The molecule has 5 atom stereocenters. The number of hydrogen-bond donors (Lipinski definition) is 0. The molecule has 0 N–H and O–H groups in total. The summed E-state index contributed by atoms with van der Waals surface area (Å²) < 4.78 is 0. The van der Waals surface area contributed by atoms with Gasteiger partial charge in [0.05, 0.1) is 0 Å². The third-order valence-electron chi connectivity index (χ3n) is 4.09. The Balaban J connectivity index is 1.94. The largest absolute Gasteiger partial charge is 0.0900 e. The molecule has 4 fully saturated rings. The summed E-state index contributed by atoms with van der Waals surface area (Å²) in [5, 5.41) is 3.91. The van der Waals surface area contributed by atoms with Crippen LogP contribution in [0.5, 0.6) is 0 Å². The van der Waals surface area contributed by atoms with Crippen LogP contribution in [0.15, 0.2) is 5.11 Å². The Labute approximate surface area is 65.4 Å². The summed E-state index contributed by atoms with van der Waals surface area (Å²) in [6, 6.07) is 0.392. The number of azide groups is 1. The SMILES string of the molecule is [N-]=[N+]=N[C@@H]1[C@@H]2CC3[C@H]1CC[C@@H]32. The van der Waals surface area contributed by atoms with Crippen LogP contribution in [0.4, 0.5) is 0 Å². The van der Waals surface area contributed by atoms with Crippen molar-refractivity contribution in [2.75, 3.05) is 0 Å². The Bertz CT molecular complexity index is 244. The molecule has 0 aromatic rings. The molecule has 4 aliphatic carbocycles. The van der Waals surface area contributed by atoms with Gasteiger partial charge in [-0.2, -0.15) is 0 Å². The Morgan fingerprint density at radius 3 is 2.55 bits per heavy atom. The van der Waals surface area contributed by atoms with Crippen molar-refractivity contribution in [2.45, 2.75) is 25.3 Å². The molecule has 0 aliphatic heterocycles. The van der Waals surface area contributed by atoms with Gasteiger partial charge < -0.3 is 0 Å². The lowest BCUT2D eigenvalue weighted by Crippen LogP contribution is -2.29. The van der Waals surface area contributed by atoms with Crippen molar-refractivity contribution >= 4 is 0 Å². The van der Waals surface area contributed by atoms with Crippen LogP contribution in [-0.4, -0.2) is 6.04 Å². The van der Waals surface area contributed by atoms with Gasteiger partial charge in [-0.15, -0.1) is 0 Å². The van der Waals surface area contributed by atoms with Gasteiger partial charge in [0.15, 0.2) is 0 Å². The van der Waals surface area contributed by atoms with Crippen molar-refractivity contribution in [3.8, 4) is 0 Å². The molecule has 0 aromatic carbocycles. The van der Waals surface area contributed by atoms with Crippen molar-refractivity contribution < 1.29 is 0 Å². The van der Waals surface area contributed by atoms with Gasteiger partial charge in [-0.05, 0) is 48.5 Å². The Kier molecular flexibility index (Phi) is 0.924. The molecule has 4 aliphatic rings. The second-order valence-corrected chi connectivity index (χ2v) is 4.16. The number of hydrogen-bond acceptors (Lipinski definition) is 1. The van der Waals surface area contributed by atoms with Gasteiger partial charge in [0, 0.05) is 11.0 Å². The highest BCUT2D eigenvalue weighted by atomic mass is 15.2. The van der Waals surface area contributed by atoms with Gasteiger partial charge in [0.2, 0.25) is 0 Å². The van der Waals surface area contributed by atoms with E-state index in [1.807, 2.05) is 0 Å². The van der Waals surface area contributed by atoms with Gasteiger partial charge in [0.1, 0.15) is 0 Å². The minimum atomic E-state index is 0.392. The van der Waals surface area contributed by atoms with Crippen LogP contribution in [0.25, 0.3) is 10.4 Å². The second kappa shape index (κ2) is 1.72. The average molecular weight is 149 g/mol. The van der Waals surface area contributed by atoms with Crippen molar-refractivity contribution in [3.05, 3.63) is 10.4 Å². The van der Waals surface area contributed by atoms with Crippen LogP contribution in [0.1, 0.15) is 19.3 Å². The molecule has 4 rings (SSSR count). The number of rotatable bonds is 1. The van der Waals surface area contributed by atoms with Crippen LogP contribution in [0.3, 0.4) is 0 Å². The molecule has 0 aromatic heterocycles. The summed E-state index contributed by atoms with van der Waals surface area (Å²) in [4.78, 5) is 2.94. The topological polar surface area (TPSA) is 48.8 Å². The molecule has 0 heterocycles. The van der Waals surface area contributed by atoms with Crippen LogP contribution in [0.2, 0.25) is 0 Å². The average Bonchev–Trinajstić information content (AvgIpc) is 2.49. The molecule has 4 saturated carbocycles. The first-order valence-electron chi connectivity index (χ1n) is 4.46. The van der Waals surface area contributed by atoms with E-state index in [9.17, 15) is 0 Å². The van der Waals surface area contributed by atoms with Gasteiger partial charge >= 0.3 is 0 Å². The normalized spacial score (nSPS) is 56.9. The highest BCUT2D eigenvalue weighted by Gasteiger charge is 2.61. The Hall–Kier alpha value is -0.690. The van der Waals surface area contributed by atoms with E-state index >= 15 is 0 Å². The molecule has 4 bridgehead atoms. The molecular formula is C8H11N3. The molecule has 0 saturated heterocycles. The van der Waals surface area contributed by atoms with E-state index in [1.165, 1.54) is 19.3 Å². The first-order valence-corrected chi connectivity index (χ1v) is 4.46. The van der Waals surface area contributed by atoms with Crippen LogP contribution in [-0.2, 0) is 0 Å².